The number of rotatable bonds is 4. The molecule has 0 aliphatic carbocycles. The fourth-order valence-corrected chi connectivity index (χ4v) is 3.58. The molecule has 0 atom stereocenters. The highest BCUT2D eigenvalue weighted by Gasteiger charge is 2.14. The van der Waals surface area contributed by atoms with Crippen LogP contribution in [0.25, 0.3) is 10.1 Å². The Hall–Kier alpha value is -2.11. The van der Waals surface area contributed by atoms with Crippen LogP contribution in [-0.2, 0) is 6.54 Å². The van der Waals surface area contributed by atoms with Gasteiger partial charge in [-0.1, -0.05) is 41.9 Å². The third kappa shape index (κ3) is 2.70. The van der Waals surface area contributed by atoms with E-state index >= 15 is 0 Å². The molecule has 3 aromatic rings. The van der Waals surface area contributed by atoms with E-state index in [-0.39, 0.29) is 5.69 Å². The number of nitro benzene ring substituents is 1. The number of hydrogen-bond acceptors (Lipinski definition) is 4. The largest absolute Gasteiger partial charge is 0.375 e. The molecule has 0 radical (unpaired) electrons. The summed E-state index contributed by atoms with van der Waals surface area (Å²) < 4.78 is 1.11. The summed E-state index contributed by atoms with van der Waals surface area (Å²) >= 11 is 7.96. The molecular weight excluding hydrogens is 308 g/mol. The Morgan fingerprint density at radius 2 is 1.86 bits per heavy atom. The van der Waals surface area contributed by atoms with Gasteiger partial charge in [-0.25, -0.2) is 0 Å². The summed E-state index contributed by atoms with van der Waals surface area (Å²) in [5, 5.41) is 15.8. The zero-order valence-electron chi connectivity index (χ0n) is 10.9. The smallest absolute Gasteiger partial charge is 0.292 e. The van der Waals surface area contributed by atoms with Gasteiger partial charge < -0.3 is 5.32 Å². The molecular formula is C15H11ClN2O2S. The van der Waals surface area contributed by atoms with E-state index < -0.39 is 4.92 Å². The molecule has 0 saturated carbocycles. The molecule has 1 aromatic heterocycles. The molecule has 6 heteroatoms. The maximum absolute atomic E-state index is 11.0. The van der Waals surface area contributed by atoms with E-state index in [1.165, 1.54) is 6.07 Å². The molecule has 0 aliphatic rings. The number of nitrogens with zero attached hydrogens (tertiary/aromatic N) is 1. The molecule has 106 valence electrons. The van der Waals surface area contributed by atoms with Crippen LogP contribution >= 0.6 is 22.9 Å². The van der Waals surface area contributed by atoms with Crippen molar-refractivity contribution in [3.8, 4) is 0 Å². The van der Waals surface area contributed by atoms with E-state index in [2.05, 4.69) is 5.32 Å². The number of para-hydroxylation sites is 2. The van der Waals surface area contributed by atoms with Crippen molar-refractivity contribution >= 4 is 44.4 Å². The summed E-state index contributed by atoms with van der Waals surface area (Å²) in [6.45, 7) is 0.461. The number of anilines is 1. The van der Waals surface area contributed by atoms with Gasteiger partial charge in [-0.15, -0.1) is 11.3 Å². The second-order valence-electron chi connectivity index (χ2n) is 4.46. The van der Waals surface area contributed by atoms with Crippen molar-refractivity contribution in [2.45, 2.75) is 6.54 Å². The number of halogens is 1. The van der Waals surface area contributed by atoms with E-state index in [4.69, 9.17) is 11.6 Å². The van der Waals surface area contributed by atoms with Crippen LogP contribution in [0, 0.1) is 10.1 Å². The Bertz CT molecular complexity index is 816. The number of benzene rings is 2. The van der Waals surface area contributed by atoms with Crippen molar-refractivity contribution in [3.05, 3.63) is 68.5 Å². The van der Waals surface area contributed by atoms with Crippen LogP contribution in [-0.4, -0.2) is 4.92 Å². The number of thiophene rings is 1. The molecule has 0 spiro atoms. The van der Waals surface area contributed by atoms with E-state index in [0.29, 0.717) is 17.3 Å². The molecule has 1 N–H and O–H groups in total. The molecule has 4 nitrogen and oxygen atoms in total. The number of nitro groups is 1. The van der Waals surface area contributed by atoms with Crippen molar-refractivity contribution in [2.24, 2.45) is 0 Å². The monoisotopic (exact) mass is 318 g/mol. The Morgan fingerprint density at radius 1 is 1.14 bits per heavy atom. The first-order valence-electron chi connectivity index (χ1n) is 6.30. The zero-order chi connectivity index (χ0) is 14.8. The SMILES string of the molecule is O=[N+]([O-])c1ccccc1NCc1sc2ccccc2c1Cl. The molecule has 2 aromatic carbocycles. The minimum atomic E-state index is -0.394. The normalized spacial score (nSPS) is 10.7. The summed E-state index contributed by atoms with van der Waals surface area (Å²) in [7, 11) is 0. The van der Waals surface area contributed by atoms with E-state index in [0.717, 1.165) is 15.0 Å². The van der Waals surface area contributed by atoms with Crippen LogP contribution in [0.4, 0.5) is 11.4 Å². The first-order valence-corrected chi connectivity index (χ1v) is 7.49. The van der Waals surface area contributed by atoms with E-state index in [1.807, 2.05) is 24.3 Å². The van der Waals surface area contributed by atoms with Crippen molar-refractivity contribution in [1.82, 2.24) is 0 Å². The van der Waals surface area contributed by atoms with Crippen LogP contribution in [0.15, 0.2) is 48.5 Å². The Morgan fingerprint density at radius 3 is 2.62 bits per heavy atom. The Balaban J connectivity index is 1.87. The van der Waals surface area contributed by atoms with Crippen molar-refractivity contribution in [3.63, 3.8) is 0 Å². The highest BCUT2D eigenvalue weighted by Crippen LogP contribution is 2.36. The average molecular weight is 319 g/mol. The summed E-state index contributed by atoms with van der Waals surface area (Å²) in [5.74, 6) is 0. The zero-order valence-corrected chi connectivity index (χ0v) is 12.4. The number of nitrogens with one attached hydrogen (secondary N) is 1. The van der Waals surface area contributed by atoms with Crippen LogP contribution < -0.4 is 5.32 Å². The van der Waals surface area contributed by atoms with Gasteiger partial charge in [0, 0.05) is 21.0 Å². The van der Waals surface area contributed by atoms with Gasteiger partial charge in [-0.2, -0.15) is 0 Å². The predicted octanol–water partition coefficient (Wildman–Crippen LogP) is 5.08. The fraction of sp³-hybridized carbons (Fsp3) is 0.0667. The fourth-order valence-electron chi connectivity index (χ4n) is 2.14. The van der Waals surface area contributed by atoms with Crippen LogP contribution in [0.1, 0.15) is 4.88 Å². The van der Waals surface area contributed by atoms with Gasteiger partial charge >= 0.3 is 0 Å². The van der Waals surface area contributed by atoms with Gasteiger partial charge in [-0.3, -0.25) is 10.1 Å². The molecule has 1 heterocycles. The van der Waals surface area contributed by atoms with Gasteiger partial charge in [0.2, 0.25) is 0 Å². The highest BCUT2D eigenvalue weighted by atomic mass is 35.5. The second kappa shape index (κ2) is 5.71. The van der Waals surface area contributed by atoms with Crippen LogP contribution in [0.5, 0.6) is 0 Å². The lowest BCUT2D eigenvalue weighted by atomic mass is 10.2. The second-order valence-corrected chi connectivity index (χ2v) is 5.98. The van der Waals surface area contributed by atoms with Crippen molar-refractivity contribution in [1.29, 1.82) is 0 Å². The summed E-state index contributed by atoms with van der Waals surface area (Å²) in [6.07, 6.45) is 0. The van der Waals surface area contributed by atoms with E-state index in [9.17, 15) is 10.1 Å². The van der Waals surface area contributed by atoms with Gasteiger partial charge in [-0.05, 0) is 12.1 Å². The predicted molar refractivity (Wildman–Crippen MR) is 87.3 cm³/mol. The average Bonchev–Trinajstić information content (AvgIpc) is 2.82. The molecule has 0 unspecified atom stereocenters. The summed E-state index contributed by atoms with van der Waals surface area (Å²) in [6, 6.07) is 14.5. The lowest BCUT2D eigenvalue weighted by Gasteiger charge is -2.05. The first-order chi connectivity index (χ1) is 10.2. The molecule has 3 rings (SSSR count). The highest BCUT2D eigenvalue weighted by molar-refractivity contribution is 7.19. The Labute approximate surface area is 130 Å². The maximum Gasteiger partial charge on any atom is 0.292 e. The Kier molecular flexibility index (Phi) is 3.77. The molecule has 0 aliphatic heterocycles. The molecule has 0 amide bonds. The van der Waals surface area contributed by atoms with Gasteiger partial charge in [0.05, 0.1) is 16.5 Å². The van der Waals surface area contributed by atoms with E-state index in [1.54, 1.807) is 29.5 Å². The lowest BCUT2D eigenvalue weighted by Crippen LogP contribution is -2.01. The molecule has 21 heavy (non-hydrogen) atoms. The van der Waals surface area contributed by atoms with Gasteiger partial charge in [0.1, 0.15) is 5.69 Å². The minimum Gasteiger partial charge on any atom is -0.375 e. The lowest BCUT2D eigenvalue weighted by molar-refractivity contribution is -0.384. The third-order valence-corrected chi connectivity index (χ3v) is 4.86. The van der Waals surface area contributed by atoms with Gasteiger partial charge in [0.25, 0.3) is 5.69 Å². The standard InChI is InChI=1S/C15H11ClN2O2S/c16-15-10-5-1-4-8-13(10)21-14(15)9-17-11-6-2-3-7-12(11)18(19)20/h1-8,17H,9H2. The van der Waals surface area contributed by atoms with Crippen molar-refractivity contribution < 1.29 is 4.92 Å². The first kappa shape index (κ1) is 13.9. The maximum atomic E-state index is 11.0. The number of hydrogen-bond donors (Lipinski definition) is 1. The molecule has 0 bridgehead atoms. The van der Waals surface area contributed by atoms with Crippen molar-refractivity contribution in [2.75, 3.05) is 5.32 Å². The quantitative estimate of drug-likeness (QED) is 0.539. The summed E-state index contributed by atoms with van der Waals surface area (Å²) in [4.78, 5) is 11.6. The third-order valence-electron chi connectivity index (χ3n) is 3.14. The van der Waals surface area contributed by atoms with Crippen LogP contribution in [0.3, 0.4) is 0 Å². The topological polar surface area (TPSA) is 55.2 Å². The number of fused-ring (bicyclic) bond motifs is 1. The van der Waals surface area contributed by atoms with Crippen LogP contribution in [0.2, 0.25) is 5.02 Å². The molecule has 0 fully saturated rings. The minimum absolute atomic E-state index is 0.0646. The summed E-state index contributed by atoms with van der Waals surface area (Å²) in [5.41, 5.74) is 0.561. The molecule has 0 saturated heterocycles. The van der Waals surface area contributed by atoms with Gasteiger partial charge in [0.15, 0.2) is 0 Å².